The van der Waals surface area contributed by atoms with Crippen molar-refractivity contribution in [2.24, 2.45) is 0 Å². The van der Waals surface area contributed by atoms with Crippen LogP contribution in [0.15, 0.2) is 30.6 Å². The maximum absolute atomic E-state index is 12.2. The van der Waals surface area contributed by atoms with Gasteiger partial charge in [0.2, 0.25) is 5.82 Å². The fraction of sp³-hybridized carbons (Fsp3) is 0.357. The fourth-order valence-electron chi connectivity index (χ4n) is 2.25. The first-order valence-corrected chi connectivity index (χ1v) is 6.85. The molecular weight excluding hydrogens is 268 g/mol. The molecule has 0 unspecified atom stereocenters. The van der Waals surface area contributed by atoms with Gasteiger partial charge in [0.25, 0.3) is 5.91 Å². The zero-order valence-electron chi connectivity index (χ0n) is 11.8. The lowest BCUT2D eigenvalue weighted by Gasteiger charge is -2.34. The molecule has 3 heterocycles. The van der Waals surface area contributed by atoms with Crippen LogP contribution in [0.1, 0.15) is 16.3 Å². The quantitative estimate of drug-likeness (QED) is 0.801. The second-order valence-electron chi connectivity index (χ2n) is 4.88. The lowest BCUT2D eigenvalue weighted by Crippen LogP contribution is -2.49. The Hall–Kier alpha value is -2.57. The molecule has 1 fully saturated rings. The first-order chi connectivity index (χ1) is 10.2. The summed E-state index contributed by atoms with van der Waals surface area (Å²) in [6.45, 7) is 4.64. The van der Waals surface area contributed by atoms with Crippen molar-refractivity contribution in [2.45, 2.75) is 6.92 Å². The van der Waals surface area contributed by atoms with Gasteiger partial charge >= 0.3 is 0 Å². The molecule has 2 aromatic heterocycles. The van der Waals surface area contributed by atoms with Crippen molar-refractivity contribution in [3.8, 4) is 0 Å². The lowest BCUT2D eigenvalue weighted by molar-refractivity contribution is 0.0734. The number of nitrogens with zero attached hydrogens (tertiary/aromatic N) is 6. The molecule has 2 aromatic rings. The predicted octanol–water partition coefficient (Wildman–Crippen LogP) is 0.537. The van der Waals surface area contributed by atoms with E-state index in [0.717, 1.165) is 24.6 Å². The van der Waals surface area contributed by atoms with Crippen molar-refractivity contribution in [1.82, 2.24) is 25.1 Å². The van der Waals surface area contributed by atoms with E-state index in [0.29, 0.717) is 13.1 Å². The largest absolute Gasteiger partial charge is 0.352 e. The summed E-state index contributed by atoms with van der Waals surface area (Å²) in [6.07, 6.45) is 3.16. The Morgan fingerprint density at radius 1 is 1.05 bits per heavy atom. The predicted molar refractivity (Wildman–Crippen MR) is 76.9 cm³/mol. The molecule has 0 bridgehead atoms. The Morgan fingerprint density at radius 2 is 1.76 bits per heavy atom. The molecule has 7 heteroatoms. The molecular formula is C14H16N6O. The standard InChI is InChI=1S/C14H16N6O/c1-11-3-4-12(18-17-11)19-7-9-20(10-8-19)14(21)13-15-5-2-6-16-13/h2-6H,7-10H2,1H3. The van der Waals surface area contributed by atoms with Crippen molar-refractivity contribution in [3.63, 3.8) is 0 Å². The number of piperazine rings is 1. The normalized spacial score (nSPS) is 15.1. The third kappa shape index (κ3) is 2.96. The van der Waals surface area contributed by atoms with E-state index in [9.17, 15) is 4.79 Å². The maximum atomic E-state index is 12.2. The minimum absolute atomic E-state index is 0.120. The van der Waals surface area contributed by atoms with Crippen molar-refractivity contribution < 1.29 is 4.79 Å². The number of aromatic nitrogens is 4. The molecule has 0 spiro atoms. The van der Waals surface area contributed by atoms with Crippen LogP contribution in [0.4, 0.5) is 5.82 Å². The van der Waals surface area contributed by atoms with E-state index in [-0.39, 0.29) is 11.7 Å². The monoisotopic (exact) mass is 284 g/mol. The number of carbonyl (C=O) groups is 1. The van der Waals surface area contributed by atoms with Crippen LogP contribution in [-0.2, 0) is 0 Å². The number of carbonyl (C=O) groups excluding carboxylic acids is 1. The van der Waals surface area contributed by atoms with Gasteiger partial charge < -0.3 is 9.80 Å². The second-order valence-corrected chi connectivity index (χ2v) is 4.88. The van der Waals surface area contributed by atoms with Crippen LogP contribution in [0.2, 0.25) is 0 Å². The number of anilines is 1. The number of hydrogen-bond acceptors (Lipinski definition) is 6. The van der Waals surface area contributed by atoms with Crippen LogP contribution in [0.25, 0.3) is 0 Å². The van der Waals surface area contributed by atoms with Crippen molar-refractivity contribution in [1.29, 1.82) is 0 Å². The van der Waals surface area contributed by atoms with Gasteiger partial charge in [-0.25, -0.2) is 9.97 Å². The SMILES string of the molecule is Cc1ccc(N2CCN(C(=O)c3ncccn3)CC2)nn1. The maximum Gasteiger partial charge on any atom is 0.291 e. The van der Waals surface area contributed by atoms with E-state index in [2.05, 4.69) is 25.1 Å². The van der Waals surface area contributed by atoms with E-state index in [4.69, 9.17) is 0 Å². The highest BCUT2D eigenvalue weighted by Gasteiger charge is 2.24. The van der Waals surface area contributed by atoms with Crippen LogP contribution >= 0.6 is 0 Å². The molecule has 0 atom stereocenters. The molecule has 1 saturated heterocycles. The Morgan fingerprint density at radius 3 is 2.38 bits per heavy atom. The molecule has 0 saturated carbocycles. The summed E-state index contributed by atoms with van der Waals surface area (Å²) in [5, 5.41) is 8.24. The molecule has 0 radical (unpaired) electrons. The van der Waals surface area contributed by atoms with Gasteiger partial charge in [-0.15, -0.1) is 5.10 Å². The van der Waals surface area contributed by atoms with Crippen LogP contribution in [-0.4, -0.2) is 57.2 Å². The van der Waals surface area contributed by atoms with Crippen molar-refractivity contribution >= 4 is 11.7 Å². The summed E-state index contributed by atoms with van der Waals surface area (Å²) in [6, 6.07) is 5.60. The van der Waals surface area contributed by atoms with Gasteiger partial charge in [-0.2, -0.15) is 5.10 Å². The minimum atomic E-state index is -0.120. The Kier molecular flexibility index (Phi) is 3.72. The van der Waals surface area contributed by atoms with Crippen molar-refractivity contribution in [3.05, 3.63) is 42.1 Å². The highest BCUT2D eigenvalue weighted by atomic mass is 16.2. The molecule has 1 aliphatic rings. The Balaban J connectivity index is 1.63. The lowest BCUT2D eigenvalue weighted by atomic mass is 10.3. The summed E-state index contributed by atoms with van der Waals surface area (Å²) < 4.78 is 0. The van der Waals surface area contributed by atoms with Crippen LogP contribution in [0, 0.1) is 6.92 Å². The third-order valence-electron chi connectivity index (χ3n) is 3.43. The highest BCUT2D eigenvalue weighted by molar-refractivity contribution is 5.90. The molecule has 1 amide bonds. The van der Waals surface area contributed by atoms with E-state index >= 15 is 0 Å². The average Bonchev–Trinajstić information content (AvgIpc) is 2.56. The van der Waals surface area contributed by atoms with E-state index in [1.807, 2.05) is 19.1 Å². The average molecular weight is 284 g/mol. The van der Waals surface area contributed by atoms with Gasteiger partial charge in [-0.1, -0.05) is 0 Å². The summed E-state index contributed by atoms with van der Waals surface area (Å²) in [4.78, 5) is 24.1. The van der Waals surface area contributed by atoms with Crippen molar-refractivity contribution in [2.75, 3.05) is 31.1 Å². The first-order valence-electron chi connectivity index (χ1n) is 6.85. The minimum Gasteiger partial charge on any atom is -0.352 e. The number of amides is 1. The fourth-order valence-corrected chi connectivity index (χ4v) is 2.25. The molecule has 1 aliphatic heterocycles. The smallest absolute Gasteiger partial charge is 0.291 e. The highest BCUT2D eigenvalue weighted by Crippen LogP contribution is 2.13. The number of hydrogen-bond donors (Lipinski definition) is 0. The number of rotatable bonds is 2. The summed E-state index contributed by atoms with van der Waals surface area (Å²) >= 11 is 0. The van der Waals surface area contributed by atoms with Gasteiger partial charge in [0.05, 0.1) is 5.69 Å². The van der Waals surface area contributed by atoms with Gasteiger partial charge in [0.1, 0.15) is 0 Å². The second kappa shape index (κ2) is 5.82. The van der Waals surface area contributed by atoms with Crippen LogP contribution in [0.3, 0.4) is 0 Å². The van der Waals surface area contributed by atoms with Gasteiger partial charge in [0.15, 0.2) is 5.82 Å². The zero-order chi connectivity index (χ0) is 14.7. The van der Waals surface area contributed by atoms with E-state index in [1.165, 1.54) is 0 Å². The zero-order valence-corrected chi connectivity index (χ0v) is 11.8. The summed E-state index contributed by atoms with van der Waals surface area (Å²) in [5.41, 5.74) is 0.897. The van der Waals surface area contributed by atoms with Crippen LogP contribution < -0.4 is 4.90 Å². The van der Waals surface area contributed by atoms with E-state index < -0.39 is 0 Å². The molecule has 0 N–H and O–H groups in total. The summed E-state index contributed by atoms with van der Waals surface area (Å²) in [7, 11) is 0. The topological polar surface area (TPSA) is 75.1 Å². The molecule has 3 rings (SSSR count). The molecule has 108 valence electrons. The molecule has 0 aliphatic carbocycles. The van der Waals surface area contributed by atoms with Crippen LogP contribution in [0.5, 0.6) is 0 Å². The Bertz CT molecular complexity index is 607. The Labute approximate surface area is 122 Å². The number of aryl methyl sites for hydroxylation is 1. The van der Waals surface area contributed by atoms with Gasteiger partial charge in [-0.3, -0.25) is 4.79 Å². The van der Waals surface area contributed by atoms with Gasteiger partial charge in [-0.05, 0) is 25.1 Å². The summed E-state index contributed by atoms with van der Waals surface area (Å²) in [5.74, 6) is 0.981. The first kappa shape index (κ1) is 13.4. The third-order valence-corrected chi connectivity index (χ3v) is 3.43. The molecule has 0 aromatic carbocycles. The van der Waals surface area contributed by atoms with E-state index in [1.54, 1.807) is 23.4 Å². The molecule has 7 nitrogen and oxygen atoms in total. The van der Waals surface area contributed by atoms with Gasteiger partial charge in [0, 0.05) is 38.6 Å². The molecule has 21 heavy (non-hydrogen) atoms.